The Bertz CT molecular complexity index is 712. The van der Waals surface area contributed by atoms with E-state index < -0.39 is 0 Å². The Morgan fingerprint density at radius 1 is 1.37 bits per heavy atom. The van der Waals surface area contributed by atoms with Crippen molar-refractivity contribution in [2.75, 3.05) is 26.2 Å². The minimum absolute atomic E-state index is 0. The van der Waals surface area contributed by atoms with Crippen LogP contribution in [0.2, 0.25) is 5.02 Å². The highest BCUT2D eigenvalue weighted by atomic mass is 35.5. The molecule has 2 atom stereocenters. The maximum absolute atomic E-state index is 12.7. The minimum atomic E-state index is -0.000441. The molecule has 0 saturated carbocycles. The number of carbonyl (C=O) groups excluding carboxylic acids is 1. The van der Waals surface area contributed by atoms with Gasteiger partial charge in [-0.2, -0.15) is 0 Å². The fourth-order valence-electron chi connectivity index (χ4n) is 3.38. The molecule has 0 spiro atoms. The summed E-state index contributed by atoms with van der Waals surface area (Å²) in [6, 6.07) is 11.8. The van der Waals surface area contributed by atoms with Gasteiger partial charge in [-0.05, 0) is 35.7 Å². The number of pyridine rings is 1. The van der Waals surface area contributed by atoms with Crippen LogP contribution in [0.25, 0.3) is 0 Å². The number of hydrogen-bond acceptors (Lipinski definition) is 4. The summed E-state index contributed by atoms with van der Waals surface area (Å²) in [5.74, 6) is 0.0441. The average Bonchev–Trinajstić information content (AvgIpc) is 2.68. The lowest BCUT2D eigenvalue weighted by molar-refractivity contribution is -0.123. The number of aromatic nitrogens is 1. The Morgan fingerprint density at radius 2 is 2.15 bits per heavy atom. The second-order valence-corrected chi connectivity index (χ2v) is 6.99. The van der Waals surface area contributed by atoms with E-state index in [2.05, 4.69) is 33.5 Å². The van der Waals surface area contributed by atoms with Crippen LogP contribution in [0.15, 0.2) is 48.8 Å². The normalized spacial score (nSPS) is 18.4. The molecule has 1 aromatic carbocycles. The number of benzene rings is 1. The molecule has 5 nitrogen and oxygen atoms in total. The largest absolute Gasteiger partial charge is 0.348 e. The lowest BCUT2D eigenvalue weighted by atomic mass is 10.0. The number of amides is 1. The molecule has 0 radical (unpaired) electrons. The van der Waals surface area contributed by atoms with Gasteiger partial charge in [0.15, 0.2) is 0 Å². The van der Waals surface area contributed by atoms with Crippen molar-refractivity contribution in [1.29, 1.82) is 0 Å². The highest BCUT2D eigenvalue weighted by molar-refractivity contribution is 6.30. The second-order valence-electron chi connectivity index (χ2n) is 6.56. The van der Waals surface area contributed by atoms with Crippen molar-refractivity contribution in [3.05, 3.63) is 64.9 Å². The van der Waals surface area contributed by atoms with E-state index in [4.69, 9.17) is 11.6 Å². The van der Waals surface area contributed by atoms with E-state index in [9.17, 15) is 4.79 Å². The van der Waals surface area contributed by atoms with Gasteiger partial charge in [0, 0.05) is 43.1 Å². The molecule has 1 aliphatic rings. The molecule has 1 fully saturated rings. The first kappa shape index (κ1) is 21.6. The third kappa shape index (κ3) is 5.91. The molecule has 0 bridgehead atoms. The van der Waals surface area contributed by atoms with Gasteiger partial charge in [-0.3, -0.25) is 14.7 Å². The summed E-state index contributed by atoms with van der Waals surface area (Å²) in [6.07, 6.45) is 4.49. The van der Waals surface area contributed by atoms with E-state index in [1.54, 1.807) is 6.20 Å². The molecule has 2 unspecified atom stereocenters. The van der Waals surface area contributed by atoms with Crippen LogP contribution < -0.4 is 10.6 Å². The second kappa shape index (κ2) is 10.6. The molecule has 2 N–H and O–H groups in total. The van der Waals surface area contributed by atoms with Crippen LogP contribution in [0.1, 0.15) is 36.6 Å². The third-order valence-corrected chi connectivity index (χ3v) is 5.04. The van der Waals surface area contributed by atoms with Crippen LogP contribution >= 0.6 is 24.0 Å². The van der Waals surface area contributed by atoms with Gasteiger partial charge in [0.25, 0.3) is 0 Å². The van der Waals surface area contributed by atoms with Gasteiger partial charge < -0.3 is 10.6 Å². The molecule has 1 aliphatic heterocycles. The van der Waals surface area contributed by atoms with E-state index in [0.29, 0.717) is 11.6 Å². The standard InChI is InChI=1S/C20H25ClN4O.ClH/c1-2-18(15-5-7-17(21)8-6-15)24-20(26)14-25-11-10-23-13-19(25)16-4-3-9-22-12-16;/h3-9,12,18-19,23H,2,10-11,13-14H2,1H3,(H,24,26);1H. The first-order valence-corrected chi connectivity index (χ1v) is 9.44. The van der Waals surface area contributed by atoms with Crippen molar-refractivity contribution in [1.82, 2.24) is 20.5 Å². The van der Waals surface area contributed by atoms with Crippen molar-refractivity contribution < 1.29 is 4.79 Å². The zero-order chi connectivity index (χ0) is 18.4. The summed E-state index contributed by atoms with van der Waals surface area (Å²) >= 11 is 5.96. The molecule has 27 heavy (non-hydrogen) atoms. The Morgan fingerprint density at radius 3 is 2.81 bits per heavy atom. The number of halogens is 2. The summed E-state index contributed by atoms with van der Waals surface area (Å²) in [4.78, 5) is 19.1. The lowest BCUT2D eigenvalue weighted by Gasteiger charge is -2.36. The highest BCUT2D eigenvalue weighted by Crippen LogP contribution is 2.22. The number of nitrogens with zero attached hydrogens (tertiary/aromatic N) is 2. The predicted octanol–water partition coefficient (Wildman–Crippen LogP) is 3.37. The Labute approximate surface area is 171 Å². The van der Waals surface area contributed by atoms with Gasteiger partial charge in [-0.15, -0.1) is 12.4 Å². The van der Waals surface area contributed by atoms with Crippen LogP contribution in [0.5, 0.6) is 0 Å². The summed E-state index contributed by atoms with van der Waals surface area (Å²) < 4.78 is 0. The molecule has 1 saturated heterocycles. The van der Waals surface area contributed by atoms with E-state index in [1.807, 2.05) is 36.5 Å². The molecular formula is C20H26Cl2N4O. The maximum atomic E-state index is 12.7. The fraction of sp³-hybridized carbons (Fsp3) is 0.400. The molecular weight excluding hydrogens is 383 g/mol. The fourth-order valence-corrected chi connectivity index (χ4v) is 3.50. The summed E-state index contributed by atoms with van der Waals surface area (Å²) in [7, 11) is 0. The third-order valence-electron chi connectivity index (χ3n) is 4.79. The molecule has 1 amide bonds. The minimum Gasteiger partial charge on any atom is -0.348 e. The van der Waals surface area contributed by atoms with Gasteiger partial charge in [0.1, 0.15) is 0 Å². The first-order chi connectivity index (χ1) is 12.7. The Hall–Kier alpha value is -1.66. The number of rotatable bonds is 6. The zero-order valence-electron chi connectivity index (χ0n) is 15.4. The molecule has 2 heterocycles. The lowest BCUT2D eigenvalue weighted by Crippen LogP contribution is -2.49. The van der Waals surface area contributed by atoms with Crippen LogP contribution in [0.3, 0.4) is 0 Å². The first-order valence-electron chi connectivity index (χ1n) is 9.07. The van der Waals surface area contributed by atoms with Crippen LogP contribution in [0, 0.1) is 0 Å². The molecule has 2 aromatic rings. The zero-order valence-corrected chi connectivity index (χ0v) is 17.0. The van der Waals surface area contributed by atoms with Gasteiger partial charge >= 0.3 is 0 Å². The van der Waals surface area contributed by atoms with E-state index in [0.717, 1.165) is 37.2 Å². The van der Waals surface area contributed by atoms with Gasteiger partial charge in [-0.25, -0.2) is 0 Å². The number of nitrogens with one attached hydrogen (secondary N) is 2. The summed E-state index contributed by atoms with van der Waals surface area (Å²) in [5, 5.41) is 7.27. The predicted molar refractivity (Wildman–Crippen MR) is 111 cm³/mol. The van der Waals surface area contributed by atoms with E-state index >= 15 is 0 Å². The SMILES string of the molecule is CCC(NC(=O)CN1CCNCC1c1cccnc1)c1ccc(Cl)cc1.Cl. The summed E-state index contributed by atoms with van der Waals surface area (Å²) in [5.41, 5.74) is 2.21. The quantitative estimate of drug-likeness (QED) is 0.768. The van der Waals surface area contributed by atoms with Crippen molar-refractivity contribution in [3.63, 3.8) is 0 Å². The maximum Gasteiger partial charge on any atom is 0.234 e. The van der Waals surface area contributed by atoms with Crippen molar-refractivity contribution in [2.24, 2.45) is 0 Å². The Balaban J connectivity index is 0.00000261. The van der Waals surface area contributed by atoms with Crippen LogP contribution in [-0.2, 0) is 4.79 Å². The van der Waals surface area contributed by atoms with E-state index in [-0.39, 0.29) is 30.4 Å². The topological polar surface area (TPSA) is 57.3 Å². The van der Waals surface area contributed by atoms with Crippen LogP contribution in [-0.4, -0.2) is 42.0 Å². The number of piperazine rings is 1. The van der Waals surface area contributed by atoms with E-state index in [1.165, 1.54) is 0 Å². The molecule has 3 rings (SSSR count). The highest BCUT2D eigenvalue weighted by Gasteiger charge is 2.26. The van der Waals surface area contributed by atoms with Gasteiger partial charge in [0.05, 0.1) is 12.6 Å². The van der Waals surface area contributed by atoms with Crippen LogP contribution in [0.4, 0.5) is 0 Å². The van der Waals surface area contributed by atoms with Crippen molar-refractivity contribution >= 4 is 29.9 Å². The number of hydrogen-bond donors (Lipinski definition) is 2. The van der Waals surface area contributed by atoms with Crippen molar-refractivity contribution in [2.45, 2.75) is 25.4 Å². The smallest absolute Gasteiger partial charge is 0.234 e. The molecule has 1 aromatic heterocycles. The molecule has 0 aliphatic carbocycles. The average molecular weight is 409 g/mol. The molecule has 146 valence electrons. The van der Waals surface area contributed by atoms with Gasteiger partial charge in [0.2, 0.25) is 5.91 Å². The van der Waals surface area contributed by atoms with Crippen molar-refractivity contribution in [3.8, 4) is 0 Å². The monoisotopic (exact) mass is 408 g/mol. The number of carbonyl (C=O) groups is 1. The molecule has 7 heteroatoms. The Kier molecular flexibility index (Phi) is 8.51. The van der Waals surface area contributed by atoms with Gasteiger partial charge in [-0.1, -0.05) is 36.7 Å². The summed E-state index contributed by atoms with van der Waals surface area (Å²) in [6.45, 7) is 5.00.